The molecule has 196 valence electrons. The summed E-state index contributed by atoms with van der Waals surface area (Å²) < 4.78 is 0. The molecular weight excluding hydrogens is 458 g/mol. The molecule has 0 saturated heterocycles. The number of aryl methyl sites for hydroxylation is 1. The number of aromatic carboxylic acids is 1. The van der Waals surface area contributed by atoms with Gasteiger partial charge in [-0.2, -0.15) is 0 Å². The molecule has 0 bridgehead atoms. The maximum atomic E-state index is 11.1. The van der Waals surface area contributed by atoms with Crippen molar-refractivity contribution in [3.63, 3.8) is 0 Å². The van der Waals surface area contributed by atoms with E-state index in [-0.39, 0.29) is 16.6 Å². The van der Waals surface area contributed by atoms with Crippen LogP contribution in [0.5, 0.6) is 5.75 Å². The van der Waals surface area contributed by atoms with Crippen LogP contribution < -0.4 is 5.73 Å². The molecule has 0 fully saturated rings. The number of nitrogen functional groups attached to an aromatic ring is 1. The molecule has 0 spiro atoms. The predicted octanol–water partition coefficient (Wildman–Crippen LogP) is 8.22. The average molecular weight is 500 g/mol. The number of aromatic hydroxyl groups is 1. The fraction of sp³-hybridized carbons (Fsp3) is 0.364. The minimum Gasteiger partial charge on any atom is -0.508 e. The third-order valence-corrected chi connectivity index (χ3v) is 7.45. The highest BCUT2D eigenvalue weighted by Gasteiger charge is 2.37. The molecular formula is C33H41NO3. The summed E-state index contributed by atoms with van der Waals surface area (Å²) in [4.78, 5) is 11.1. The van der Waals surface area contributed by atoms with Gasteiger partial charge >= 0.3 is 5.97 Å². The molecule has 3 aromatic rings. The number of allylic oxidation sites excluding steroid dienone is 1. The second-order valence-corrected chi connectivity index (χ2v) is 11.4. The van der Waals surface area contributed by atoms with E-state index in [0.29, 0.717) is 11.3 Å². The van der Waals surface area contributed by atoms with Gasteiger partial charge in [0.2, 0.25) is 0 Å². The molecule has 0 unspecified atom stereocenters. The second kappa shape index (κ2) is 11.2. The number of phenolic OH excluding ortho intramolecular Hbond substituents is 1. The van der Waals surface area contributed by atoms with Gasteiger partial charge in [0, 0.05) is 5.69 Å². The zero-order valence-electron chi connectivity index (χ0n) is 23.1. The molecule has 4 N–H and O–H groups in total. The minimum atomic E-state index is -0.887. The largest absolute Gasteiger partial charge is 0.508 e. The van der Waals surface area contributed by atoms with Crippen LogP contribution >= 0.6 is 0 Å². The molecule has 0 aromatic heterocycles. The number of carboxylic acid groups (broad SMARTS) is 1. The Kier molecular flexibility index (Phi) is 8.53. The Balaban J connectivity index is 0.000000405. The van der Waals surface area contributed by atoms with Crippen molar-refractivity contribution in [3.8, 4) is 5.75 Å². The highest BCUT2D eigenvalue weighted by atomic mass is 16.4. The first-order valence-electron chi connectivity index (χ1n) is 13.1. The van der Waals surface area contributed by atoms with E-state index in [4.69, 9.17) is 15.9 Å². The lowest BCUT2D eigenvalue weighted by Gasteiger charge is -2.42. The Morgan fingerprint density at radius 3 is 1.95 bits per heavy atom. The van der Waals surface area contributed by atoms with Crippen molar-refractivity contribution in [2.75, 3.05) is 5.73 Å². The van der Waals surface area contributed by atoms with Crippen molar-refractivity contribution < 1.29 is 15.0 Å². The number of carboxylic acids is 1. The van der Waals surface area contributed by atoms with Crippen molar-refractivity contribution in [2.24, 2.45) is 0 Å². The molecule has 0 saturated carbocycles. The number of rotatable bonds is 5. The van der Waals surface area contributed by atoms with Crippen LogP contribution in [0.1, 0.15) is 99.0 Å². The van der Waals surface area contributed by atoms with Crippen LogP contribution in [0.15, 0.2) is 60.7 Å². The number of anilines is 1. The van der Waals surface area contributed by atoms with Crippen LogP contribution in [-0.2, 0) is 17.3 Å². The van der Waals surface area contributed by atoms with Gasteiger partial charge in [0.15, 0.2) is 0 Å². The van der Waals surface area contributed by atoms with Gasteiger partial charge in [0.1, 0.15) is 5.75 Å². The summed E-state index contributed by atoms with van der Waals surface area (Å²) in [5, 5.41) is 17.8. The SMILES string of the molecule is CCCc1cc2c(cc1C(C)=Cc1ccc(C(=O)O)cc1)C(C)(C)CCC2(C)C.Nc1ccc(O)cc1. The molecule has 1 aliphatic rings. The first-order chi connectivity index (χ1) is 17.3. The van der Waals surface area contributed by atoms with Gasteiger partial charge < -0.3 is 15.9 Å². The van der Waals surface area contributed by atoms with Gasteiger partial charge in [-0.3, -0.25) is 0 Å². The van der Waals surface area contributed by atoms with E-state index in [9.17, 15) is 4.79 Å². The lowest BCUT2D eigenvalue weighted by molar-refractivity contribution is 0.0697. The summed E-state index contributed by atoms with van der Waals surface area (Å²) in [5.74, 6) is -0.638. The fourth-order valence-electron chi connectivity index (χ4n) is 5.03. The summed E-state index contributed by atoms with van der Waals surface area (Å²) in [6, 6.07) is 18.4. The Bertz CT molecular complexity index is 1250. The Morgan fingerprint density at radius 2 is 1.46 bits per heavy atom. The molecule has 37 heavy (non-hydrogen) atoms. The van der Waals surface area contributed by atoms with Crippen molar-refractivity contribution in [2.45, 2.75) is 78.1 Å². The summed E-state index contributed by atoms with van der Waals surface area (Å²) in [6.45, 7) is 13.9. The maximum absolute atomic E-state index is 11.1. The van der Waals surface area contributed by atoms with Crippen LogP contribution in [0.3, 0.4) is 0 Å². The summed E-state index contributed by atoms with van der Waals surface area (Å²) in [6.07, 6.45) is 6.80. The number of benzene rings is 3. The summed E-state index contributed by atoms with van der Waals surface area (Å²) in [7, 11) is 0. The first-order valence-corrected chi connectivity index (χ1v) is 13.1. The summed E-state index contributed by atoms with van der Waals surface area (Å²) >= 11 is 0. The molecule has 1 aliphatic carbocycles. The van der Waals surface area contributed by atoms with Gasteiger partial charge in [-0.1, -0.05) is 71.4 Å². The van der Waals surface area contributed by atoms with Gasteiger partial charge in [-0.25, -0.2) is 4.79 Å². The number of hydrogen-bond donors (Lipinski definition) is 3. The highest BCUT2D eigenvalue weighted by Crippen LogP contribution is 2.47. The third-order valence-electron chi connectivity index (χ3n) is 7.45. The van der Waals surface area contributed by atoms with E-state index in [1.54, 1.807) is 36.4 Å². The van der Waals surface area contributed by atoms with Crippen molar-refractivity contribution >= 4 is 23.3 Å². The maximum Gasteiger partial charge on any atom is 0.335 e. The smallest absolute Gasteiger partial charge is 0.335 e. The molecule has 3 aromatic carbocycles. The molecule has 0 aliphatic heterocycles. The monoisotopic (exact) mass is 499 g/mol. The van der Waals surface area contributed by atoms with Gasteiger partial charge in [-0.05, 0) is 107 Å². The van der Waals surface area contributed by atoms with Crippen LogP contribution in [0.2, 0.25) is 0 Å². The lowest BCUT2D eigenvalue weighted by Crippen LogP contribution is -2.34. The molecule has 0 atom stereocenters. The molecule has 0 radical (unpaired) electrons. The molecule has 0 amide bonds. The molecule has 4 rings (SSSR count). The molecule has 0 heterocycles. The zero-order chi connectivity index (χ0) is 27.4. The summed E-state index contributed by atoms with van der Waals surface area (Å²) in [5.41, 5.74) is 14.7. The van der Waals surface area contributed by atoms with E-state index in [1.807, 2.05) is 12.1 Å². The van der Waals surface area contributed by atoms with Crippen LogP contribution in [0.4, 0.5) is 5.69 Å². The van der Waals surface area contributed by atoms with Crippen molar-refractivity contribution in [1.29, 1.82) is 0 Å². The lowest BCUT2D eigenvalue weighted by atomic mass is 9.62. The normalized spacial score (nSPS) is 15.8. The quantitative estimate of drug-likeness (QED) is 0.188. The van der Waals surface area contributed by atoms with Crippen LogP contribution in [-0.4, -0.2) is 16.2 Å². The number of carbonyl (C=O) groups is 1. The van der Waals surface area contributed by atoms with E-state index in [2.05, 4.69) is 59.8 Å². The van der Waals surface area contributed by atoms with E-state index in [0.717, 1.165) is 18.4 Å². The number of phenols is 1. The Morgan fingerprint density at radius 1 is 0.919 bits per heavy atom. The number of nitrogens with two attached hydrogens (primary N) is 1. The molecule has 4 heteroatoms. The highest BCUT2D eigenvalue weighted by molar-refractivity contribution is 5.88. The second-order valence-electron chi connectivity index (χ2n) is 11.4. The minimum absolute atomic E-state index is 0.188. The van der Waals surface area contributed by atoms with Gasteiger partial charge in [-0.15, -0.1) is 0 Å². The average Bonchev–Trinajstić information content (AvgIpc) is 2.84. The van der Waals surface area contributed by atoms with Gasteiger partial charge in [0.25, 0.3) is 0 Å². The predicted molar refractivity (Wildman–Crippen MR) is 155 cm³/mol. The van der Waals surface area contributed by atoms with Gasteiger partial charge in [0.05, 0.1) is 5.56 Å². The standard InChI is InChI=1S/C27H34O2.C6H7NO/c1-7-8-21-16-23-24(27(5,6)14-13-26(23,3)4)17-22(21)18(2)15-19-9-11-20(12-10-19)25(28)29;7-5-1-3-6(8)4-2-5/h9-12,15-17H,7-8,13-14H2,1-6H3,(H,28,29);1-4,8H,7H2. The van der Waals surface area contributed by atoms with E-state index < -0.39 is 5.97 Å². The van der Waals surface area contributed by atoms with Crippen molar-refractivity contribution in [1.82, 2.24) is 0 Å². The van der Waals surface area contributed by atoms with Crippen LogP contribution in [0.25, 0.3) is 11.6 Å². The zero-order valence-corrected chi connectivity index (χ0v) is 23.1. The number of fused-ring (bicyclic) bond motifs is 1. The Hall–Kier alpha value is -3.53. The van der Waals surface area contributed by atoms with Crippen LogP contribution in [0, 0.1) is 0 Å². The first kappa shape index (κ1) is 28.0. The van der Waals surface area contributed by atoms with E-state index >= 15 is 0 Å². The van der Waals surface area contributed by atoms with Crippen molar-refractivity contribution in [3.05, 3.63) is 94.0 Å². The van der Waals surface area contributed by atoms with E-state index in [1.165, 1.54) is 40.7 Å². The topological polar surface area (TPSA) is 83.5 Å². The molecule has 4 nitrogen and oxygen atoms in total. The fourth-order valence-corrected chi connectivity index (χ4v) is 5.03. The Labute approximate surface area is 221 Å². The number of hydrogen-bond acceptors (Lipinski definition) is 3. The third kappa shape index (κ3) is 6.82.